The highest BCUT2D eigenvalue weighted by Gasteiger charge is 2.53. The zero-order valence-electron chi connectivity index (χ0n) is 14.2. The summed E-state index contributed by atoms with van der Waals surface area (Å²) < 4.78 is 13.9. The second-order valence-electron chi connectivity index (χ2n) is 6.97. The number of hydrogen-bond donors (Lipinski definition) is 1. The van der Waals surface area contributed by atoms with E-state index in [0.717, 1.165) is 24.0 Å². The van der Waals surface area contributed by atoms with E-state index in [1.807, 2.05) is 24.3 Å². The van der Waals surface area contributed by atoms with Crippen LogP contribution in [0.5, 0.6) is 0 Å². The van der Waals surface area contributed by atoms with Gasteiger partial charge in [0.25, 0.3) is 0 Å². The minimum absolute atomic E-state index is 0.0179. The Bertz CT molecular complexity index is 870. The smallest absolute Gasteiger partial charge is 0.227 e. The van der Waals surface area contributed by atoms with Crippen molar-refractivity contribution in [2.45, 2.75) is 30.8 Å². The molecule has 1 heterocycles. The van der Waals surface area contributed by atoms with Crippen LogP contribution in [0.4, 0.5) is 4.39 Å². The number of benzene rings is 2. The van der Waals surface area contributed by atoms with Crippen molar-refractivity contribution in [2.24, 2.45) is 5.92 Å². The van der Waals surface area contributed by atoms with E-state index in [4.69, 9.17) is 0 Å². The zero-order valence-corrected chi connectivity index (χ0v) is 14.2. The van der Waals surface area contributed by atoms with Crippen LogP contribution in [0.25, 0.3) is 11.1 Å². The SMILES string of the molecule is N#C[C@H]1[C@H](c2ccc(-c3ccccc3F)cc2)[C@@H](CO)N1C(=O)C1CC1. The van der Waals surface area contributed by atoms with Gasteiger partial charge in [0.1, 0.15) is 11.9 Å². The highest BCUT2D eigenvalue weighted by molar-refractivity contribution is 5.83. The molecule has 3 atom stereocenters. The van der Waals surface area contributed by atoms with Gasteiger partial charge in [0, 0.05) is 17.4 Å². The molecule has 1 aliphatic heterocycles. The highest BCUT2D eigenvalue weighted by Crippen LogP contribution is 2.44. The molecule has 1 saturated carbocycles. The minimum atomic E-state index is -0.556. The summed E-state index contributed by atoms with van der Waals surface area (Å²) >= 11 is 0. The van der Waals surface area contributed by atoms with Gasteiger partial charge in [-0.15, -0.1) is 0 Å². The Morgan fingerprint density at radius 1 is 1.19 bits per heavy atom. The molecule has 0 aromatic heterocycles. The lowest BCUT2D eigenvalue weighted by atomic mass is 9.75. The van der Waals surface area contributed by atoms with Crippen molar-refractivity contribution in [2.75, 3.05) is 6.61 Å². The van der Waals surface area contributed by atoms with Crippen molar-refractivity contribution in [1.29, 1.82) is 5.26 Å². The van der Waals surface area contributed by atoms with Gasteiger partial charge in [0.15, 0.2) is 0 Å². The van der Waals surface area contributed by atoms with Crippen LogP contribution in [-0.4, -0.2) is 34.6 Å². The van der Waals surface area contributed by atoms with Gasteiger partial charge in [-0.25, -0.2) is 4.39 Å². The predicted octanol–water partition coefficient (Wildman–Crippen LogP) is 3.08. The molecule has 1 amide bonds. The number of carbonyl (C=O) groups is 1. The number of halogens is 1. The summed E-state index contributed by atoms with van der Waals surface area (Å²) in [5.41, 5.74) is 2.16. The average Bonchev–Trinajstić information content (AvgIpc) is 3.48. The first-order valence-electron chi connectivity index (χ1n) is 8.83. The molecule has 4 rings (SSSR count). The molecule has 2 aliphatic rings. The number of rotatable bonds is 4. The van der Waals surface area contributed by atoms with Crippen molar-refractivity contribution in [1.82, 2.24) is 4.90 Å². The summed E-state index contributed by atoms with van der Waals surface area (Å²) in [6, 6.07) is 15.2. The fourth-order valence-corrected chi connectivity index (χ4v) is 3.83. The van der Waals surface area contributed by atoms with Gasteiger partial charge in [-0.05, 0) is 30.0 Å². The molecule has 1 saturated heterocycles. The summed E-state index contributed by atoms with van der Waals surface area (Å²) in [5.74, 6) is -0.505. The molecule has 0 spiro atoms. The number of nitriles is 1. The van der Waals surface area contributed by atoms with Crippen molar-refractivity contribution in [3.8, 4) is 17.2 Å². The van der Waals surface area contributed by atoms with E-state index < -0.39 is 6.04 Å². The fraction of sp³-hybridized carbons (Fsp3) is 0.333. The van der Waals surface area contributed by atoms with E-state index in [9.17, 15) is 19.6 Å². The van der Waals surface area contributed by atoms with Crippen molar-refractivity contribution in [3.63, 3.8) is 0 Å². The van der Waals surface area contributed by atoms with E-state index >= 15 is 0 Å². The Morgan fingerprint density at radius 3 is 2.46 bits per heavy atom. The maximum atomic E-state index is 13.9. The topological polar surface area (TPSA) is 64.3 Å². The van der Waals surface area contributed by atoms with Crippen LogP contribution >= 0.6 is 0 Å². The van der Waals surface area contributed by atoms with Crippen LogP contribution in [-0.2, 0) is 4.79 Å². The first-order valence-corrected chi connectivity index (χ1v) is 8.83. The van der Waals surface area contributed by atoms with Gasteiger partial charge in [-0.2, -0.15) is 5.26 Å². The minimum Gasteiger partial charge on any atom is -0.394 e. The van der Waals surface area contributed by atoms with Crippen LogP contribution in [0, 0.1) is 23.1 Å². The molecule has 5 heteroatoms. The molecule has 2 aromatic carbocycles. The number of nitrogens with zero attached hydrogens (tertiary/aromatic N) is 2. The Hall–Kier alpha value is -2.71. The number of aliphatic hydroxyl groups excluding tert-OH is 1. The predicted molar refractivity (Wildman–Crippen MR) is 94.4 cm³/mol. The highest BCUT2D eigenvalue weighted by atomic mass is 19.1. The van der Waals surface area contributed by atoms with Crippen LogP contribution in [0.15, 0.2) is 48.5 Å². The Kier molecular flexibility index (Phi) is 4.21. The molecule has 1 aliphatic carbocycles. The lowest BCUT2D eigenvalue weighted by Crippen LogP contribution is -2.65. The normalized spacial score (nSPS) is 24.7. The maximum Gasteiger partial charge on any atom is 0.227 e. The average molecular weight is 350 g/mol. The standard InChI is InChI=1S/C21H19FN2O2/c22-17-4-2-1-3-16(17)13-5-7-14(8-6-13)20-18(11-23)24(19(20)12-25)21(26)15-9-10-15/h1-8,15,18-20,25H,9-10,12H2/t18-,19+,20-/m0/s1. The molecule has 2 fully saturated rings. The summed E-state index contributed by atoms with van der Waals surface area (Å²) in [5, 5.41) is 19.3. The van der Waals surface area contributed by atoms with E-state index in [1.54, 1.807) is 23.1 Å². The van der Waals surface area contributed by atoms with Crippen LogP contribution in [0.1, 0.15) is 24.3 Å². The summed E-state index contributed by atoms with van der Waals surface area (Å²) in [4.78, 5) is 14.0. The third-order valence-corrected chi connectivity index (χ3v) is 5.39. The van der Waals surface area contributed by atoms with E-state index in [2.05, 4.69) is 6.07 Å². The Balaban J connectivity index is 1.60. The van der Waals surface area contributed by atoms with Gasteiger partial charge < -0.3 is 10.0 Å². The third-order valence-electron chi connectivity index (χ3n) is 5.39. The largest absolute Gasteiger partial charge is 0.394 e. The molecule has 2 aromatic rings. The number of aliphatic hydroxyl groups is 1. The third kappa shape index (κ3) is 2.67. The second kappa shape index (κ2) is 6.54. The van der Waals surface area contributed by atoms with Gasteiger partial charge in [-0.3, -0.25) is 4.79 Å². The number of carbonyl (C=O) groups excluding carboxylic acids is 1. The molecular formula is C21H19FN2O2. The van der Waals surface area contributed by atoms with E-state index in [1.165, 1.54) is 6.07 Å². The van der Waals surface area contributed by atoms with Gasteiger partial charge in [-0.1, -0.05) is 42.5 Å². The maximum absolute atomic E-state index is 13.9. The van der Waals surface area contributed by atoms with Crippen LogP contribution < -0.4 is 0 Å². The first-order chi connectivity index (χ1) is 12.7. The molecular weight excluding hydrogens is 331 g/mol. The summed E-state index contributed by atoms with van der Waals surface area (Å²) in [6.07, 6.45) is 1.74. The number of amides is 1. The molecule has 0 radical (unpaired) electrons. The van der Waals surface area contributed by atoms with Crippen LogP contribution in [0.3, 0.4) is 0 Å². The monoisotopic (exact) mass is 350 g/mol. The van der Waals surface area contributed by atoms with Crippen molar-refractivity contribution >= 4 is 5.91 Å². The van der Waals surface area contributed by atoms with Gasteiger partial charge in [0.2, 0.25) is 5.91 Å². The molecule has 4 nitrogen and oxygen atoms in total. The first kappa shape index (κ1) is 16.7. The number of likely N-dealkylation sites (tertiary alicyclic amines) is 1. The van der Waals surface area contributed by atoms with Crippen molar-refractivity contribution in [3.05, 3.63) is 59.9 Å². The van der Waals surface area contributed by atoms with E-state index in [-0.39, 0.29) is 36.2 Å². The van der Waals surface area contributed by atoms with Crippen molar-refractivity contribution < 1.29 is 14.3 Å². The van der Waals surface area contributed by atoms with Gasteiger partial charge in [0.05, 0.1) is 18.7 Å². The molecule has 0 unspecified atom stereocenters. The summed E-state index contributed by atoms with van der Waals surface area (Å²) in [6.45, 7) is -0.170. The molecule has 26 heavy (non-hydrogen) atoms. The lowest BCUT2D eigenvalue weighted by molar-refractivity contribution is -0.148. The lowest BCUT2D eigenvalue weighted by Gasteiger charge is -2.51. The zero-order chi connectivity index (χ0) is 18.3. The summed E-state index contributed by atoms with van der Waals surface area (Å²) in [7, 11) is 0. The fourth-order valence-electron chi connectivity index (χ4n) is 3.83. The number of hydrogen-bond acceptors (Lipinski definition) is 3. The molecule has 0 bridgehead atoms. The Labute approximate surface area is 151 Å². The molecule has 132 valence electrons. The van der Waals surface area contributed by atoms with Crippen LogP contribution in [0.2, 0.25) is 0 Å². The second-order valence-corrected chi connectivity index (χ2v) is 6.97. The van der Waals surface area contributed by atoms with E-state index in [0.29, 0.717) is 5.56 Å². The van der Waals surface area contributed by atoms with Gasteiger partial charge >= 0.3 is 0 Å². The quantitative estimate of drug-likeness (QED) is 0.922. The Morgan fingerprint density at radius 2 is 1.88 bits per heavy atom. The molecule has 1 N–H and O–H groups in total.